The van der Waals surface area contributed by atoms with Crippen molar-refractivity contribution in [3.05, 3.63) is 300 Å². The molecule has 0 saturated carbocycles. The van der Waals surface area contributed by atoms with E-state index >= 15 is 0 Å². The predicted octanol–water partition coefficient (Wildman–Crippen LogP) is 23.5. The molecule has 107 heavy (non-hydrogen) atoms. The monoisotopic (exact) mass is 1480 g/mol. The molecule has 518 valence electrons. The van der Waals surface area contributed by atoms with E-state index in [9.17, 15) is 0 Å². The quantitative estimate of drug-likeness (QED) is 0.0862. The Labute approximate surface area is 653 Å². The van der Waals surface area contributed by atoms with E-state index in [1.165, 1.54) is 16.0 Å². The first-order valence-corrected chi connectivity index (χ1v) is 43.5. The number of aryl methyl sites for hydroxylation is 6. The number of nitrogens with zero attached hydrogens (tertiary/aromatic N) is 4. The van der Waals surface area contributed by atoms with Gasteiger partial charge in [0.05, 0.1) is 22.8 Å². The third-order valence-corrected chi connectivity index (χ3v) is 27.7. The van der Waals surface area contributed by atoms with Crippen molar-refractivity contribution >= 4 is 74.3 Å². The van der Waals surface area contributed by atoms with Gasteiger partial charge >= 0.3 is 19.5 Å². The number of hydrogen-bond acceptors (Lipinski definition) is 3. The van der Waals surface area contributed by atoms with Crippen LogP contribution in [0.3, 0.4) is 0 Å². The molecular weight excluding hydrogens is 1400 g/mol. The normalized spacial score (nSPS) is 11.4. The molecule has 8 aromatic carbocycles. The van der Waals surface area contributed by atoms with Gasteiger partial charge in [0, 0.05) is 60.5 Å². The van der Waals surface area contributed by atoms with E-state index in [2.05, 4.69) is 367 Å². The Morgan fingerprint density at radius 3 is 0.963 bits per heavy atom. The van der Waals surface area contributed by atoms with E-state index in [-0.39, 0.29) is 19.5 Å². The van der Waals surface area contributed by atoms with Crippen molar-refractivity contribution in [1.29, 1.82) is 0 Å². The Hall–Kier alpha value is -10.9. The summed E-state index contributed by atoms with van der Waals surface area (Å²) in [6, 6.07) is 65.6. The van der Waals surface area contributed by atoms with E-state index in [0.717, 1.165) is 167 Å². The molecule has 0 radical (unpaired) electrons. The minimum Gasteiger partial charge on any atom is -0.657 e. The largest absolute Gasteiger partial charge is 2.00 e. The van der Waals surface area contributed by atoms with Crippen LogP contribution in [0.1, 0.15) is 153 Å². The molecule has 0 atom stereocenters. The molecule has 0 spiro atoms. The van der Waals surface area contributed by atoms with Crippen LogP contribution in [0.15, 0.2) is 193 Å². The van der Waals surface area contributed by atoms with Crippen LogP contribution < -0.4 is 9.97 Å². The summed E-state index contributed by atoms with van der Waals surface area (Å²) >= 11 is 1.71. The van der Waals surface area contributed by atoms with Crippen LogP contribution >= 0.6 is 11.8 Å². The van der Waals surface area contributed by atoms with Crippen LogP contribution in [0.5, 0.6) is 0 Å². The molecule has 8 heteroatoms. The number of fused-ring (bicyclic) bond motifs is 8. The summed E-state index contributed by atoms with van der Waals surface area (Å²) in [4.78, 5) is 23.8. The van der Waals surface area contributed by atoms with Gasteiger partial charge in [-0.1, -0.05) is 210 Å². The zero-order valence-electron chi connectivity index (χ0n) is 64.3. The smallest absolute Gasteiger partial charge is 0.657 e. The van der Waals surface area contributed by atoms with Crippen molar-refractivity contribution in [3.8, 4) is 115 Å². The van der Waals surface area contributed by atoms with Crippen LogP contribution in [-0.2, 0) is 19.5 Å². The van der Waals surface area contributed by atoms with Crippen molar-refractivity contribution < 1.29 is 19.5 Å². The maximum absolute atomic E-state index is 5.66. The van der Waals surface area contributed by atoms with Crippen LogP contribution in [0.4, 0.5) is 0 Å². The number of aromatic nitrogens is 4. The van der Waals surface area contributed by atoms with E-state index in [0.29, 0.717) is 16.6 Å². The first-order valence-electron chi connectivity index (χ1n) is 36.5. The number of hydrogen-bond donors (Lipinski definition) is 0. The first kappa shape index (κ1) is 75.8. The Morgan fingerprint density at radius 2 is 0.617 bits per heavy atom. The molecule has 0 amide bonds. The molecule has 5 heterocycles. The van der Waals surface area contributed by atoms with Gasteiger partial charge in [0.2, 0.25) is 0 Å². The van der Waals surface area contributed by atoms with Crippen molar-refractivity contribution in [1.82, 2.24) is 19.9 Å². The maximum Gasteiger partial charge on any atom is 2.00 e. The van der Waals surface area contributed by atoms with Crippen molar-refractivity contribution in [3.63, 3.8) is 0 Å². The second-order valence-electron chi connectivity index (χ2n) is 29.9. The molecule has 2 aliphatic rings. The van der Waals surface area contributed by atoms with E-state index in [1.807, 2.05) is 24.3 Å². The fourth-order valence-corrected chi connectivity index (χ4v) is 21.3. The number of benzene rings is 8. The Kier molecular flexibility index (Phi) is 23.0. The van der Waals surface area contributed by atoms with E-state index in [1.54, 1.807) is 11.8 Å². The molecule has 8 bridgehead atoms. The molecule has 0 fully saturated rings. The summed E-state index contributed by atoms with van der Waals surface area (Å²) in [5.74, 6) is 34.5. The van der Waals surface area contributed by atoms with E-state index in [4.69, 9.17) is 19.9 Å². The fraction of sp³-hybridized carbons (Fsp3) is 0.192. The number of thioether (sulfide) groups is 1. The second-order valence-corrected chi connectivity index (χ2v) is 41.1. The van der Waals surface area contributed by atoms with Crippen LogP contribution in [-0.4, -0.2) is 32.4 Å². The van der Waals surface area contributed by atoms with Gasteiger partial charge in [-0.2, -0.15) is 0 Å². The minimum absolute atomic E-state index is 0. The van der Waals surface area contributed by atoms with Gasteiger partial charge < -0.3 is 9.97 Å². The molecule has 2 aliphatic heterocycles. The first-order chi connectivity index (χ1) is 50.9. The summed E-state index contributed by atoms with van der Waals surface area (Å²) in [6.07, 6.45) is 10.6. The molecule has 3 aromatic heterocycles. The Morgan fingerprint density at radius 1 is 0.318 bits per heavy atom. The summed E-state index contributed by atoms with van der Waals surface area (Å²) in [6.45, 7) is 34.0. The number of rotatable bonds is 8. The summed E-state index contributed by atoms with van der Waals surface area (Å²) in [7, 11) is -3.54. The molecular formula is C99H86N4SSi2Zn. The van der Waals surface area contributed by atoms with Crippen LogP contribution in [0, 0.1) is 112 Å². The molecule has 4 nitrogen and oxygen atoms in total. The standard InChI is InChI=1S/C99H86N4SSi2.Zn/c1-64(2)106(65(3)4,66(5)6)55-53-78-28-26-74(27-29-78)21-20-73-22-24-75(25-23-73)31-34-80-60-81(62-82(61-80)52-54-105(14,15)16)35-32-77-38-42-84(43-39-77)97-88-46-50-92(102-88)98(94-69(9)56-67(7)57-70(94)10)90-48-44-86(100-90)96(83-40-36-76(37-41-83)30-33-79-18-17-19-85(63-79)104-13)87-45-49-91(101-87)99(93-51-47-89(97)103-93)95-71(11)58-68(8)59-72(95)12;/h17-19,22-29,36-51,56-66H,1-16H3;/q-2;+2. The average molecular weight is 1490 g/mol. The molecule has 0 N–H and O–H groups in total. The van der Waals surface area contributed by atoms with Crippen molar-refractivity contribution in [2.45, 2.75) is 124 Å². The van der Waals surface area contributed by atoms with Gasteiger partial charge in [-0.3, -0.25) is 0 Å². The third kappa shape index (κ3) is 17.2. The second kappa shape index (κ2) is 32.5. The zero-order chi connectivity index (χ0) is 74.6. The topological polar surface area (TPSA) is 54.0 Å². The molecule has 11 aromatic rings. The maximum atomic E-state index is 5.66. The van der Waals surface area contributed by atoms with Crippen LogP contribution in [0.25, 0.3) is 90.9 Å². The average Bonchev–Trinajstić information content (AvgIpc) is 1.64. The minimum atomic E-state index is -1.82. The zero-order valence-corrected chi connectivity index (χ0v) is 70.1. The van der Waals surface area contributed by atoms with Gasteiger partial charge in [-0.15, -0.1) is 44.9 Å². The van der Waals surface area contributed by atoms with E-state index < -0.39 is 16.1 Å². The predicted molar refractivity (Wildman–Crippen MR) is 457 cm³/mol. The van der Waals surface area contributed by atoms with Gasteiger partial charge in [-0.25, -0.2) is 9.97 Å². The van der Waals surface area contributed by atoms with Gasteiger partial charge in [0.1, 0.15) is 16.1 Å². The van der Waals surface area contributed by atoms with Gasteiger partial charge in [-0.05, 0) is 265 Å². The van der Waals surface area contributed by atoms with Gasteiger partial charge in [0.15, 0.2) is 0 Å². The van der Waals surface area contributed by atoms with Gasteiger partial charge in [0.25, 0.3) is 0 Å². The summed E-state index contributed by atoms with van der Waals surface area (Å²) in [5.41, 5.74) is 39.6. The summed E-state index contributed by atoms with van der Waals surface area (Å²) in [5, 5.41) is 0. The molecule has 13 rings (SSSR count). The summed E-state index contributed by atoms with van der Waals surface area (Å²) < 4.78 is 0. The molecule has 0 unspecified atom stereocenters. The fourth-order valence-electron chi connectivity index (χ4n) is 15.0. The molecule has 0 aliphatic carbocycles. The van der Waals surface area contributed by atoms with Crippen LogP contribution in [0.2, 0.25) is 36.3 Å². The SMILES string of the molecule is CSc1cccc(C#Cc2ccc(-c3c4nc(c(-c5c(C)cc(C)cc5C)c5ccc([n-]5)c(-c5ccc(C#Cc6cc(C#Cc7ccc(C#Cc8ccc(C#C[Si](C(C)C)(C(C)C)C(C)C)cc8)cc7)cc(C#C[Si](C)(C)C)c6)cc5)c5nc(c(-c6c(C)cc(C)cc6C)c6ccc3[n-]6)C=C5)C=C4)cc2)c1.[Zn+2]. The Bertz CT molecular complexity index is 5860. The van der Waals surface area contributed by atoms with Crippen molar-refractivity contribution in [2.24, 2.45) is 0 Å². The molecule has 0 saturated heterocycles. The Balaban J connectivity index is 0.0000107. The van der Waals surface area contributed by atoms with Crippen molar-refractivity contribution in [2.75, 3.05) is 6.26 Å². The third-order valence-electron chi connectivity index (χ3n) is 19.9.